The number of carbonyl (C=O) groups excluding carboxylic acids is 1. The number of piperidine rings is 1. The topological polar surface area (TPSA) is 56.4 Å². The Balaban J connectivity index is 1.70. The SMILES string of the molecule is CNC1CCC(NC(=O)N2CCC(NC)CC2)CC1. The first-order valence-corrected chi connectivity index (χ1v) is 7.63. The maximum absolute atomic E-state index is 12.2. The Kier molecular flexibility index (Phi) is 5.45. The van der Waals surface area contributed by atoms with E-state index in [2.05, 4.69) is 16.0 Å². The lowest BCUT2D eigenvalue weighted by molar-refractivity contribution is 0.170. The third-order valence-electron chi connectivity index (χ3n) is 4.65. The van der Waals surface area contributed by atoms with Crippen molar-refractivity contribution in [1.82, 2.24) is 20.9 Å². The minimum absolute atomic E-state index is 0.141. The van der Waals surface area contributed by atoms with Crippen LogP contribution in [0.25, 0.3) is 0 Å². The van der Waals surface area contributed by atoms with Crippen LogP contribution in [0.1, 0.15) is 38.5 Å². The standard InChI is InChI=1S/C14H28N4O/c1-15-11-3-5-13(6-4-11)17-14(19)18-9-7-12(16-2)8-10-18/h11-13,15-16H,3-10H2,1-2H3,(H,17,19). The van der Waals surface area contributed by atoms with Gasteiger partial charge in [0, 0.05) is 31.2 Å². The molecule has 2 aliphatic rings. The molecule has 1 aliphatic carbocycles. The lowest BCUT2D eigenvalue weighted by Gasteiger charge is -2.34. The number of nitrogens with one attached hydrogen (secondary N) is 3. The van der Waals surface area contributed by atoms with Crippen LogP contribution in [0.3, 0.4) is 0 Å². The monoisotopic (exact) mass is 268 g/mol. The van der Waals surface area contributed by atoms with E-state index in [4.69, 9.17) is 0 Å². The van der Waals surface area contributed by atoms with Crippen LogP contribution < -0.4 is 16.0 Å². The Hall–Kier alpha value is -0.810. The highest BCUT2D eigenvalue weighted by Gasteiger charge is 2.25. The quantitative estimate of drug-likeness (QED) is 0.713. The number of hydrogen-bond donors (Lipinski definition) is 3. The molecule has 0 aromatic rings. The number of hydrogen-bond acceptors (Lipinski definition) is 3. The fourth-order valence-electron chi connectivity index (χ4n) is 3.16. The average molecular weight is 268 g/mol. The Morgan fingerprint density at radius 1 is 0.842 bits per heavy atom. The largest absolute Gasteiger partial charge is 0.335 e. The van der Waals surface area contributed by atoms with E-state index >= 15 is 0 Å². The highest BCUT2D eigenvalue weighted by Crippen LogP contribution is 2.19. The maximum Gasteiger partial charge on any atom is 0.317 e. The highest BCUT2D eigenvalue weighted by molar-refractivity contribution is 5.74. The molecule has 2 amide bonds. The molecule has 0 atom stereocenters. The zero-order valence-corrected chi connectivity index (χ0v) is 12.2. The Labute approximate surface area is 116 Å². The molecule has 0 bridgehead atoms. The van der Waals surface area contributed by atoms with Crippen LogP contribution in [0.4, 0.5) is 4.79 Å². The van der Waals surface area contributed by atoms with Gasteiger partial charge in [0.1, 0.15) is 0 Å². The van der Waals surface area contributed by atoms with Gasteiger partial charge >= 0.3 is 6.03 Å². The van der Waals surface area contributed by atoms with Gasteiger partial charge in [-0.3, -0.25) is 0 Å². The molecule has 110 valence electrons. The molecule has 0 unspecified atom stereocenters. The predicted octanol–water partition coefficient (Wildman–Crippen LogP) is 0.910. The number of amides is 2. The zero-order valence-electron chi connectivity index (χ0n) is 12.2. The van der Waals surface area contributed by atoms with Crippen molar-refractivity contribution in [3.8, 4) is 0 Å². The molecule has 2 rings (SSSR count). The van der Waals surface area contributed by atoms with Crippen LogP contribution in [0, 0.1) is 0 Å². The fraction of sp³-hybridized carbons (Fsp3) is 0.929. The van der Waals surface area contributed by atoms with Gasteiger partial charge in [-0.15, -0.1) is 0 Å². The third-order valence-corrected chi connectivity index (χ3v) is 4.65. The average Bonchev–Trinajstić information content (AvgIpc) is 2.48. The van der Waals surface area contributed by atoms with Crippen LogP contribution in [0.5, 0.6) is 0 Å². The molecule has 1 heterocycles. The van der Waals surface area contributed by atoms with Gasteiger partial charge in [-0.25, -0.2) is 4.79 Å². The van der Waals surface area contributed by atoms with Crippen molar-refractivity contribution >= 4 is 6.03 Å². The maximum atomic E-state index is 12.2. The van der Waals surface area contributed by atoms with Gasteiger partial charge in [0.15, 0.2) is 0 Å². The molecule has 0 radical (unpaired) electrons. The van der Waals surface area contributed by atoms with Gasteiger partial charge in [0.25, 0.3) is 0 Å². The summed E-state index contributed by atoms with van der Waals surface area (Å²) < 4.78 is 0. The van der Waals surface area contributed by atoms with Crippen LogP contribution in [-0.2, 0) is 0 Å². The van der Waals surface area contributed by atoms with Crippen LogP contribution in [0.2, 0.25) is 0 Å². The van der Waals surface area contributed by atoms with Crippen LogP contribution in [-0.4, -0.2) is 56.2 Å². The van der Waals surface area contributed by atoms with Gasteiger partial charge < -0.3 is 20.9 Å². The zero-order chi connectivity index (χ0) is 13.7. The van der Waals surface area contributed by atoms with Crippen LogP contribution in [0.15, 0.2) is 0 Å². The molecule has 3 N–H and O–H groups in total. The molecule has 1 aliphatic heterocycles. The first kappa shape index (κ1) is 14.6. The summed E-state index contributed by atoms with van der Waals surface area (Å²) in [5, 5.41) is 9.82. The summed E-state index contributed by atoms with van der Waals surface area (Å²) in [5.74, 6) is 0. The lowest BCUT2D eigenvalue weighted by Crippen LogP contribution is -2.51. The van der Waals surface area contributed by atoms with Crippen molar-refractivity contribution < 1.29 is 4.79 Å². The summed E-state index contributed by atoms with van der Waals surface area (Å²) in [6, 6.07) is 1.73. The normalized spacial score (nSPS) is 29.3. The van der Waals surface area contributed by atoms with E-state index in [9.17, 15) is 4.79 Å². The summed E-state index contributed by atoms with van der Waals surface area (Å²) in [6.07, 6.45) is 6.67. The van der Waals surface area contributed by atoms with Crippen molar-refractivity contribution in [2.75, 3.05) is 27.2 Å². The molecule has 5 nitrogen and oxygen atoms in total. The first-order chi connectivity index (χ1) is 9.22. The van der Waals surface area contributed by atoms with Gasteiger partial charge in [-0.1, -0.05) is 0 Å². The summed E-state index contributed by atoms with van der Waals surface area (Å²) >= 11 is 0. The number of urea groups is 1. The van der Waals surface area contributed by atoms with Crippen molar-refractivity contribution in [1.29, 1.82) is 0 Å². The van der Waals surface area contributed by atoms with E-state index in [0.29, 0.717) is 18.1 Å². The van der Waals surface area contributed by atoms with Gasteiger partial charge in [0.2, 0.25) is 0 Å². The van der Waals surface area contributed by atoms with E-state index in [1.807, 2.05) is 19.0 Å². The minimum atomic E-state index is 0.141. The van der Waals surface area contributed by atoms with E-state index in [1.165, 1.54) is 12.8 Å². The fourth-order valence-corrected chi connectivity index (χ4v) is 3.16. The molecule has 19 heavy (non-hydrogen) atoms. The second kappa shape index (κ2) is 7.10. The Morgan fingerprint density at radius 3 is 1.84 bits per heavy atom. The van der Waals surface area contributed by atoms with E-state index in [0.717, 1.165) is 38.8 Å². The van der Waals surface area contributed by atoms with Gasteiger partial charge in [0.05, 0.1) is 0 Å². The summed E-state index contributed by atoms with van der Waals surface area (Å²) in [7, 11) is 4.02. The Bertz CT molecular complexity index is 281. The van der Waals surface area contributed by atoms with Crippen molar-refractivity contribution in [3.05, 3.63) is 0 Å². The first-order valence-electron chi connectivity index (χ1n) is 7.63. The molecule has 1 saturated heterocycles. The lowest BCUT2D eigenvalue weighted by atomic mass is 9.91. The second-order valence-electron chi connectivity index (χ2n) is 5.84. The summed E-state index contributed by atoms with van der Waals surface area (Å²) in [6.45, 7) is 1.76. The van der Waals surface area contributed by atoms with Gasteiger partial charge in [-0.2, -0.15) is 0 Å². The van der Waals surface area contributed by atoms with Crippen molar-refractivity contribution in [2.24, 2.45) is 0 Å². The second-order valence-corrected chi connectivity index (χ2v) is 5.84. The van der Waals surface area contributed by atoms with E-state index < -0.39 is 0 Å². The summed E-state index contributed by atoms with van der Waals surface area (Å²) in [5.41, 5.74) is 0. The molecular weight excluding hydrogens is 240 g/mol. The number of carbonyl (C=O) groups is 1. The molecule has 0 spiro atoms. The summed E-state index contributed by atoms with van der Waals surface area (Å²) in [4.78, 5) is 14.2. The van der Waals surface area contributed by atoms with E-state index in [1.54, 1.807) is 0 Å². The predicted molar refractivity (Wildman–Crippen MR) is 77.3 cm³/mol. The molecule has 5 heteroatoms. The highest BCUT2D eigenvalue weighted by atomic mass is 16.2. The van der Waals surface area contributed by atoms with Crippen molar-refractivity contribution in [3.63, 3.8) is 0 Å². The number of rotatable bonds is 3. The molecule has 1 saturated carbocycles. The molecule has 2 fully saturated rings. The van der Waals surface area contributed by atoms with Crippen molar-refractivity contribution in [2.45, 2.75) is 56.7 Å². The van der Waals surface area contributed by atoms with E-state index in [-0.39, 0.29) is 6.03 Å². The number of nitrogens with zero attached hydrogens (tertiary/aromatic N) is 1. The molecule has 0 aromatic carbocycles. The van der Waals surface area contributed by atoms with Crippen LogP contribution >= 0.6 is 0 Å². The Morgan fingerprint density at radius 2 is 1.32 bits per heavy atom. The number of likely N-dealkylation sites (tertiary alicyclic amines) is 1. The smallest absolute Gasteiger partial charge is 0.317 e. The molecule has 0 aromatic heterocycles. The third kappa shape index (κ3) is 4.08. The van der Waals surface area contributed by atoms with Gasteiger partial charge in [-0.05, 0) is 52.6 Å². The minimum Gasteiger partial charge on any atom is -0.335 e. The molecular formula is C14H28N4O.